The lowest BCUT2D eigenvalue weighted by molar-refractivity contribution is -0.153. The Bertz CT molecular complexity index is 307. The Labute approximate surface area is 124 Å². The van der Waals surface area contributed by atoms with Crippen molar-refractivity contribution in [1.82, 2.24) is 10.2 Å². The summed E-state index contributed by atoms with van der Waals surface area (Å²) in [6, 6.07) is 0.563. The van der Waals surface area contributed by atoms with Crippen molar-refractivity contribution in [2.24, 2.45) is 5.92 Å². The molecule has 0 spiro atoms. The lowest BCUT2D eigenvalue weighted by Gasteiger charge is -2.34. The minimum atomic E-state index is -0.452. The van der Waals surface area contributed by atoms with E-state index in [1.807, 2.05) is 14.0 Å². The highest BCUT2D eigenvalue weighted by Gasteiger charge is 2.48. The van der Waals surface area contributed by atoms with Gasteiger partial charge in [0.1, 0.15) is 5.54 Å². The van der Waals surface area contributed by atoms with E-state index in [1.165, 1.54) is 0 Å². The first-order chi connectivity index (χ1) is 9.51. The van der Waals surface area contributed by atoms with Crippen LogP contribution in [-0.2, 0) is 9.53 Å². The Morgan fingerprint density at radius 2 is 2.15 bits per heavy atom. The minimum absolute atomic E-state index is 0.0578. The molecule has 118 valence electrons. The molecule has 0 aromatic rings. The molecular formula is C16H32N2O2. The fourth-order valence-electron chi connectivity index (χ4n) is 3.53. The summed E-state index contributed by atoms with van der Waals surface area (Å²) < 4.78 is 5.32. The van der Waals surface area contributed by atoms with Crippen LogP contribution in [0.25, 0.3) is 0 Å². The third-order valence-corrected chi connectivity index (χ3v) is 4.81. The third-order valence-electron chi connectivity index (χ3n) is 4.81. The summed E-state index contributed by atoms with van der Waals surface area (Å²) in [7, 11) is 1.90. The number of nitrogens with zero attached hydrogens (tertiary/aromatic N) is 1. The molecule has 1 aliphatic carbocycles. The molecule has 2 atom stereocenters. The highest BCUT2D eigenvalue weighted by Crippen LogP contribution is 2.39. The van der Waals surface area contributed by atoms with Gasteiger partial charge in [-0.3, -0.25) is 4.79 Å². The number of nitrogens with one attached hydrogen (secondary N) is 1. The fraction of sp³-hybridized carbons (Fsp3) is 0.938. The Hall–Kier alpha value is -0.610. The van der Waals surface area contributed by atoms with E-state index >= 15 is 0 Å². The Kier molecular flexibility index (Phi) is 6.96. The Morgan fingerprint density at radius 3 is 2.65 bits per heavy atom. The second-order valence-corrected chi connectivity index (χ2v) is 6.04. The summed E-state index contributed by atoms with van der Waals surface area (Å²) in [5.41, 5.74) is -0.452. The van der Waals surface area contributed by atoms with Gasteiger partial charge in [0.15, 0.2) is 0 Å². The molecule has 20 heavy (non-hydrogen) atoms. The number of rotatable bonds is 8. The maximum atomic E-state index is 12.4. The van der Waals surface area contributed by atoms with Crippen molar-refractivity contribution in [2.75, 3.05) is 26.7 Å². The van der Waals surface area contributed by atoms with Gasteiger partial charge in [-0.25, -0.2) is 0 Å². The van der Waals surface area contributed by atoms with Gasteiger partial charge in [-0.05, 0) is 66.1 Å². The topological polar surface area (TPSA) is 41.6 Å². The first-order valence-electron chi connectivity index (χ1n) is 8.12. The molecule has 0 aromatic heterocycles. The van der Waals surface area contributed by atoms with Crippen LogP contribution in [0.3, 0.4) is 0 Å². The predicted molar refractivity (Wildman–Crippen MR) is 82.8 cm³/mol. The summed E-state index contributed by atoms with van der Waals surface area (Å²) in [6.45, 7) is 11.1. The van der Waals surface area contributed by atoms with Gasteiger partial charge in [0, 0.05) is 6.04 Å². The van der Waals surface area contributed by atoms with E-state index in [9.17, 15) is 4.79 Å². The van der Waals surface area contributed by atoms with E-state index in [4.69, 9.17) is 4.74 Å². The van der Waals surface area contributed by atoms with Crippen LogP contribution in [-0.4, -0.2) is 49.2 Å². The summed E-state index contributed by atoms with van der Waals surface area (Å²) in [5.74, 6) is 0.331. The molecule has 1 saturated carbocycles. The molecule has 0 bridgehead atoms. The van der Waals surface area contributed by atoms with E-state index in [0.717, 1.165) is 38.8 Å². The van der Waals surface area contributed by atoms with E-state index in [0.29, 0.717) is 18.6 Å². The number of ether oxygens (including phenoxy) is 1. The lowest BCUT2D eigenvalue weighted by atomic mass is 9.84. The zero-order valence-electron chi connectivity index (χ0n) is 13.9. The molecule has 0 heterocycles. The zero-order chi connectivity index (χ0) is 15.2. The molecule has 4 nitrogen and oxygen atoms in total. The second-order valence-electron chi connectivity index (χ2n) is 6.04. The zero-order valence-corrected chi connectivity index (χ0v) is 13.9. The van der Waals surface area contributed by atoms with E-state index in [2.05, 4.69) is 31.0 Å². The maximum absolute atomic E-state index is 12.4. The first-order valence-corrected chi connectivity index (χ1v) is 8.12. The minimum Gasteiger partial charge on any atom is -0.465 e. The summed E-state index contributed by atoms with van der Waals surface area (Å²) in [5, 5.41) is 3.29. The number of carbonyl (C=O) groups is 1. The molecule has 2 unspecified atom stereocenters. The Balaban J connectivity index is 2.69. The molecule has 0 aliphatic heterocycles. The summed E-state index contributed by atoms with van der Waals surface area (Å²) in [6.07, 6.45) is 4.19. The van der Waals surface area contributed by atoms with Gasteiger partial charge in [0.25, 0.3) is 0 Å². The van der Waals surface area contributed by atoms with Crippen molar-refractivity contribution in [3.05, 3.63) is 0 Å². The molecule has 0 saturated heterocycles. The van der Waals surface area contributed by atoms with Gasteiger partial charge >= 0.3 is 5.97 Å². The SMILES string of the molecule is CCOC(=O)C1(NC)CCCC1CCN(CC)C(C)C. The quantitative estimate of drug-likeness (QED) is 0.695. The highest BCUT2D eigenvalue weighted by atomic mass is 16.5. The van der Waals surface area contributed by atoms with Gasteiger partial charge in [0.05, 0.1) is 6.61 Å². The van der Waals surface area contributed by atoms with Crippen molar-refractivity contribution < 1.29 is 9.53 Å². The van der Waals surface area contributed by atoms with Gasteiger partial charge in [-0.1, -0.05) is 13.3 Å². The molecule has 0 radical (unpaired) electrons. The first kappa shape index (κ1) is 17.4. The average molecular weight is 284 g/mol. The maximum Gasteiger partial charge on any atom is 0.326 e. The van der Waals surface area contributed by atoms with E-state index < -0.39 is 5.54 Å². The van der Waals surface area contributed by atoms with Crippen LogP contribution in [0.15, 0.2) is 0 Å². The van der Waals surface area contributed by atoms with Crippen molar-refractivity contribution in [1.29, 1.82) is 0 Å². The Morgan fingerprint density at radius 1 is 1.45 bits per heavy atom. The normalized spacial score (nSPS) is 26.4. The van der Waals surface area contributed by atoms with Crippen molar-refractivity contribution in [3.63, 3.8) is 0 Å². The molecule has 1 fully saturated rings. The van der Waals surface area contributed by atoms with Crippen molar-refractivity contribution in [3.8, 4) is 0 Å². The largest absolute Gasteiger partial charge is 0.465 e. The number of likely N-dealkylation sites (N-methyl/N-ethyl adjacent to an activating group) is 1. The van der Waals surface area contributed by atoms with Crippen LogP contribution in [0, 0.1) is 5.92 Å². The van der Waals surface area contributed by atoms with Gasteiger partial charge < -0.3 is 15.0 Å². The summed E-state index contributed by atoms with van der Waals surface area (Å²) >= 11 is 0. The predicted octanol–water partition coefficient (Wildman–Crippen LogP) is 2.43. The highest BCUT2D eigenvalue weighted by molar-refractivity contribution is 5.81. The number of carbonyl (C=O) groups excluding carboxylic acids is 1. The van der Waals surface area contributed by atoms with Crippen LogP contribution in [0.5, 0.6) is 0 Å². The van der Waals surface area contributed by atoms with Crippen LogP contribution < -0.4 is 5.32 Å². The van der Waals surface area contributed by atoms with Crippen LogP contribution in [0.1, 0.15) is 53.4 Å². The monoisotopic (exact) mass is 284 g/mol. The van der Waals surface area contributed by atoms with E-state index in [1.54, 1.807) is 0 Å². The lowest BCUT2D eigenvalue weighted by Crippen LogP contribution is -2.54. The molecule has 0 amide bonds. The second kappa shape index (κ2) is 7.99. The summed E-state index contributed by atoms with van der Waals surface area (Å²) in [4.78, 5) is 14.8. The molecule has 1 aliphatic rings. The molecular weight excluding hydrogens is 252 g/mol. The van der Waals surface area contributed by atoms with Gasteiger partial charge in [-0.2, -0.15) is 0 Å². The molecule has 1 N–H and O–H groups in total. The van der Waals surface area contributed by atoms with Gasteiger partial charge in [0.2, 0.25) is 0 Å². The van der Waals surface area contributed by atoms with Crippen LogP contribution >= 0.6 is 0 Å². The molecule has 1 rings (SSSR count). The number of hydrogen-bond acceptors (Lipinski definition) is 4. The molecule has 4 heteroatoms. The van der Waals surface area contributed by atoms with Crippen LogP contribution in [0.4, 0.5) is 0 Å². The van der Waals surface area contributed by atoms with E-state index in [-0.39, 0.29) is 5.97 Å². The van der Waals surface area contributed by atoms with Crippen LogP contribution in [0.2, 0.25) is 0 Å². The van der Waals surface area contributed by atoms with Crippen molar-refractivity contribution >= 4 is 5.97 Å². The average Bonchev–Trinajstić information content (AvgIpc) is 2.83. The standard InChI is InChI=1S/C16H32N2O2/c1-6-18(13(3)4)12-10-14-9-8-11-16(14,17-5)15(19)20-7-2/h13-14,17H,6-12H2,1-5H3. The molecule has 0 aromatic carbocycles. The van der Waals surface area contributed by atoms with Crippen molar-refractivity contribution in [2.45, 2.75) is 65.0 Å². The fourth-order valence-corrected chi connectivity index (χ4v) is 3.53. The van der Waals surface area contributed by atoms with Gasteiger partial charge in [-0.15, -0.1) is 0 Å². The smallest absolute Gasteiger partial charge is 0.326 e. The third kappa shape index (κ3) is 3.73. The number of esters is 1. The number of hydrogen-bond donors (Lipinski definition) is 1.